The van der Waals surface area contributed by atoms with Crippen LogP contribution in [0.15, 0.2) is 12.1 Å². The summed E-state index contributed by atoms with van der Waals surface area (Å²) in [6, 6.07) is 3.52. The topological polar surface area (TPSA) is 38.7 Å². The summed E-state index contributed by atoms with van der Waals surface area (Å²) in [5, 5.41) is 9.62. The molecule has 0 aromatic heterocycles. The molecule has 0 atom stereocenters. The highest BCUT2D eigenvalue weighted by Gasteiger charge is 2.12. The summed E-state index contributed by atoms with van der Waals surface area (Å²) in [5.74, 6) is 1.47. The first-order valence-corrected chi connectivity index (χ1v) is 5.34. The van der Waals surface area contributed by atoms with Crippen molar-refractivity contribution in [1.82, 2.24) is 0 Å². The number of phenols is 1. The lowest BCUT2D eigenvalue weighted by atomic mass is 10.0. The third-order valence-corrected chi connectivity index (χ3v) is 2.71. The van der Waals surface area contributed by atoms with E-state index in [-0.39, 0.29) is 5.75 Å². The first-order valence-electron chi connectivity index (χ1n) is 5.34. The third-order valence-electron chi connectivity index (χ3n) is 2.71. The molecule has 3 heteroatoms. The number of rotatable bonds is 1. The highest BCUT2D eigenvalue weighted by atomic mass is 16.5. The van der Waals surface area contributed by atoms with Crippen LogP contribution in [0.3, 0.4) is 0 Å². The van der Waals surface area contributed by atoms with Crippen molar-refractivity contribution in [2.45, 2.75) is 25.7 Å². The summed E-state index contributed by atoms with van der Waals surface area (Å²) in [4.78, 5) is 0. The van der Waals surface area contributed by atoms with E-state index < -0.39 is 0 Å². The minimum atomic E-state index is 0.150. The molecule has 0 spiro atoms. The summed E-state index contributed by atoms with van der Waals surface area (Å²) < 4.78 is 10.7. The van der Waals surface area contributed by atoms with Crippen molar-refractivity contribution in [3.8, 4) is 17.2 Å². The smallest absolute Gasteiger partial charge is 0.161 e. The van der Waals surface area contributed by atoms with Gasteiger partial charge in [0.25, 0.3) is 0 Å². The summed E-state index contributed by atoms with van der Waals surface area (Å²) in [5.41, 5.74) is 1.13. The quantitative estimate of drug-likeness (QED) is 0.770. The SMILES string of the molecule is COc1cc2c(cc1O)OCCCCC2. The van der Waals surface area contributed by atoms with Gasteiger partial charge in [-0.05, 0) is 37.3 Å². The zero-order valence-electron chi connectivity index (χ0n) is 8.95. The predicted octanol–water partition coefficient (Wildman–Crippen LogP) is 2.51. The lowest BCUT2D eigenvalue weighted by molar-refractivity contribution is 0.290. The van der Waals surface area contributed by atoms with E-state index in [1.165, 1.54) is 12.8 Å². The Morgan fingerprint density at radius 2 is 2.13 bits per heavy atom. The van der Waals surface area contributed by atoms with Gasteiger partial charge < -0.3 is 14.6 Å². The lowest BCUT2D eigenvalue weighted by Crippen LogP contribution is -2.04. The minimum Gasteiger partial charge on any atom is -0.504 e. The Bertz CT molecular complexity index is 347. The van der Waals surface area contributed by atoms with Crippen LogP contribution in [0.2, 0.25) is 0 Å². The highest BCUT2D eigenvalue weighted by Crippen LogP contribution is 2.35. The molecule has 1 aromatic rings. The van der Waals surface area contributed by atoms with Gasteiger partial charge in [0.15, 0.2) is 11.5 Å². The van der Waals surface area contributed by atoms with Crippen LogP contribution in [-0.4, -0.2) is 18.8 Å². The molecule has 0 bridgehead atoms. The number of benzene rings is 1. The van der Waals surface area contributed by atoms with Crippen molar-refractivity contribution in [3.05, 3.63) is 17.7 Å². The van der Waals surface area contributed by atoms with Crippen LogP contribution < -0.4 is 9.47 Å². The minimum absolute atomic E-state index is 0.150. The van der Waals surface area contributed by atoms with E-state index in [4.69, 9.17) is 9.47 Å². The van der Waals surface area contributed by atoms with Crippen molar-refractivity contribution >= 4 is 0 Å². The monoisotopic (exact) mass is 208 g/mol. The van der Waals surface area contributed by atoms with Crippen LogP contribution in [0.5, 0.6) is 17.2 Å². The first-order chi connectivity index (χ1) is 7.31. The molecule has 0 fully saturated rings. The Kier molecular flexibility index (Phi) is 2.99. The van der Waals surface area contributed by atoms with E-state index in [1.807, 2.05) is 6.07 Å². The van der Waals surface area contributed by atoms with Crippen LogP contribution >= 0.6 is 0 Å². The van der Waals surface area contributed by atoms with E-state index in [2.05, 4.69) is 0 Å². The van der Waals surface area contributed by atoms with E-state index >= 15 is 0 Å². The molecule has 1 aliphatic heterocycles. The first kappa shape index (κ1) is 10.1. The number of hydrogen-bond acceptors (Lipinski definition) is 3. The molecule has 1 N–H and O–H groups in total. The summed E-state index contributed by atoms with van der Waals surface area (Å²) in [6.07, 6.45) is 4.45. The molecule has 0 aliphatic carbocycles. The van der Waals surface area contributed by atoms with Crippen LogP contribution in [0.1, 0.15) is 24.8 Å². The molecule has 3 nitrogen and oxygen atoms in total. The van der Waals surface area contributed by atoms with Gasteiger partial charge in [-0.25, -0.2) is 0 Å². The predicted molar refractivity (Wildman–Crippen MR) is 57.7 cm³/mol. The number of methoxy groups -OCH3 is 1. The molecule has 1 aromatic carbocycles. The van der Waals surface area contributed by atoms with Gasteiger partial charge in [-0.1, -0.05) is 0 Å². The maximum atomic E-state index is 9.62. The average Bonchev–Trinajstić information content (AvgIpc) is 2.20. The Hall–Kier alpha value is -1.38. The molecule has 0 unspecified atom stereocenters. The highest BCUT2D eigenvalue weighted by molar-refractivity contribution is 5.50. The van der Waals surface area contributed by atoms with E-state index in [0.29, 0.717) is 5.75 Å². The molecule has 0 saturated heterocycles. The summed E-state index contributed by atoms with van der Waals surface area (Å²) in [6.45, 7) is 0.735. The number of aryl methyl sites for hydroxylation is 1. The van der Waals surface area contributed by atoms with Crippen LogP contribution in [0.4, 0.5) is 0 Å². The van der Waals surface area contributed by atoms with Crippen molar-refractivity contribution < 1.29 is 14.6 Å². The maximum Gasteiger partial charge on any atom is 0.161 e. The largest absolute Gasteiger partial charge is 0.504 e. The average molecular weight is 208 g/mol. The maximum absolute atomic E-state index is 9.62. The molecule has 0 amide bonds. The second-order valence-corrected chi connectivity index (χ2v) is 3.79. The molecular formula is C12H16O3. The molecule has 15 heavy (non-hydrogen) atoms. The number of fused-ring (bicyclic) bond motifs is 1. The van der Waals surface area contributed by atoms with E-state index in [1.54, 1.807) is 13.2 Å². The Balaban J connectivity index is 2.35. The van der Waals surface area contributed by atoms with Gasteiger partial charge in [-0.15, -0.1) is 0 Å². The molecule has 82 valence electrons. The second kappa shape index (κ2) is 4.43. The Morgan fingerprint density at radius 1 is 1.27 bits per heavy atom. The third kappa shape index (κ3) is 2.17. The molecule has 0 radical (unpaired) electrons. The van der Waals surface area contributed by atoms with Gasteiger partial charge in [0, 0.05) is 6.07 Å². The van der Waals surface area contributed by atoms with Crippen molar-refractivity contribution in [2.75, 3.05) is 13.7 Å². The van der Waals surface area contributed by atoms with E-state index in [9.17, 15) is 5.11 Å². The standard InChI is InChI=1S/C12H16O3/c1-14-12-7-9-5-3-2-4-6-15-11(9)8-10(12)13/h7-8,13H,2-6H2,1H3. The fraction of sp³-hybridized carbons (Fsp3) is 0.500. The molecule has 1 heterocycles. The van der Waals surface area contributed by atoms with Crippen molar-refractivity contribution in [1.29, 1.82) is 0 Å². The Labute approximate surface area is 89.6 Å². The van der Waals surface area contributed by atoms with E-state index in [0.717, 1.165) is 30.8 Å². The zero-order valence-corrected chi connectivity index (χ0v) is 8.95. The van der Waals surface area contributed by atoms with Gasteiger partial charge in [-0.3, -0.25) is 0 Å². The van der Waals surface area contributed by atoms with Gasteiger partial charge in [0.05, 0.1) is 13.7 Å². The zero-order chi connectivity index (χ0) is 10.7. The van der Waals surface area contributed by atoms with Gasteiger partial charge in [-0.2, -0.15) is 0 Å². The molecule has 1 aliphatic rings. The summed E-state index contributed by atoms with van der Waals surface area (Å²) >= 11 is 0. The van der Waals surface area contributed by atoms with Crippen molar-refractivity contribution in [3.63, 3.8) is 0 Å². The van der Waals surface area contributed by atoms with Crippen molar-refractivity contribution in [2.24, 2.45) is 0 Å². The van der Waals surface area contributed by atoms with Gasteiger partial charge in [0.1, 0.15) is 5.75 Å². The normalized spacial score (nSPS) is 15.8. The van der Waals surface area contributed by atoms with Gasteiger partial charge >= 0.3 is 0 Å². The molecular weight excluding hydrogens is 192 g/mol. The molecule has 2 rings (SSSR count). The fourth-order valence-corrected chi connectivity index (χ4v) is 1.86. The number of phenolic OH excluding ortho intramolecular Hbond substituents is 1. The fourth-order valence-electron chi connectivity index (χ4n) is 1.86. The second-order valence-electron chi connectivity index (χ2n) is 3.79. The van der Waals surface area contributed by atoms with Gasteiger partial charge in [0.2, 0.25) is 0 Å². The van der Waals surface area contributed by atoms with Crippen LogP contribution in [0.25, 0.3) is 0 Å². The molecule has 0 saturated carbocycles. The number of ether oxygens (including phenoxy) is 2. The Morgan fingerprint density at radius 3 is 2.93 bits per heavy atom. The van der Waals surface area contributed by atoms with Crippen LogP contribution in [-0.2, 0) is 6.42 Å². The lowest BCUT2D eigenvalue weighted by Gasteiger charge is -2.16. The van der Waals surface area contributed by atoms with Crippen LogP contribution in [0, 0.1) is 0 Å². The number of hydrogen-bond donors (Lipinski definition) is 1. The number of aromatic hydroxyl groups is 1. The summed E-state index contributed by atoms with van der Waals surface area (Å²) in [7, 11) is 1.56.